The summed E-state index contributed by atoms with van der Waals surface area (Å²) in [6.07, 6.45) is 0.435. The third-order valence-corrected chi connectivity index (χ3v) is 2.71. The van der Waals surface area contributed by atoms with Crippen molar-refractivity contribution in [2.45, 2.75) is 12.5 Å². The molecule has 0 aliphatic heterocycles. The Kier molecular flexibility index (Phi) is 7.25. The molecule has 1 atom stereocenters. The Bertz CT molecular complexity index is 360. The van der Waals surface area contributed by atoms with Gasteiger partial charge in [0.05, 0.1) is 0 Å². The molecule has 0 aliphatic rings. The molecule has 0 aliphatic carbocycles. The Labute approximate surface area is 114 Å². The molecule has 0 aromatic heterocycles. The lowest BCUT2D eigenvalue weighted by molar-refractivity contribution is 0.0732. The van der Waals surface area contributed by atoms with Gasteiger partial charge in [-0.1, -0.05) is 6.07 Å². The number of hydrogen-bond acceptors (Lipinski definition) is 5. The Morgan fingerprint density at radius 1 is 1.42 bits per heavy atom. The summed E-state index contributed by atoms with van der Waals surface area (Å²) in [5.74, 6) is 0.682. The third-order valence-electron chi connectivity index (χ3n) is 2.71. The number of nitrogen functional groups attached to an aromatic ring is 1. The largest absolute Gasteiger partial charge is 0.491 e. The second kappa shape index (κ2) is 8.74. The van der Waals surface area contributed by atoms with Gasteiger partial charge in [-0.15, -0.1) is 0 Å². The second-order valence-corrected chi connectivity index (χ2v) is 4.65. The third kappa shape index (κ3) is 7.00. The monoisotopic (exact) mass is 268 g/mol. The van der Waals surface area contributed by atoms with Crippen molar-refractivity contribution >= 4 is 5.69 Å². The number of aliphatic hydroxyl groups is 1. The normalized spacial score (nSPS) is 12.6. The van der Waals surface area contributed by atoms with Crippen LogP contribution in [0.2, 0.25) is 0 Å². The van der Waals surface area contributed by atoms with E-state index in [4.69, 9.17) is 15.2 Å². The van der Waals surface area contributed by atoms with Crippen molar-refractivity contribution in [1.29, 1.82) is 0 Å². The van der Waals surface area contributed by atoms with E-state index in [9.17, 15) is 5.11 Å². The van der Waals surface area contributed by atoms with Gasteiger partial charge in [-0.05, 0) is 25.6 Å². The Morgan fingerprint density at radius 2 is 2.21 bits per heavy atom. The fraction of sp³-hybridized carbons (Fsp3) is 0.571. The molecule has 1 rings (SSSR count). The van der Waals surface area contributed by atoms with Gasteiger partial charge >= 0.3 is 0 Å². The van der Waals surface area contributed by atoms with E-state index in [0.29, 0.717) is 18.0 Å². The zero-order chi connectivity index (χ0) is 14.1. The average molecular weight is 268 g/mol. The van der Waals surface area contributed by atoms with E-state index in [0.717, 1.165) is 19.6 Å². The summed E-state index contributed by atoms with van der Waals surface area (Å²) in [5.41, 5.74) is 6.31. The van der Waals surface area contributed by atoms with Crippen molar-refractivity contribution in [1.82, 2.24) is 4.90 Å². The number of aliphatic hydroxyl groups excluding tert-OH is 1. The van der Waals surface area contributed by atoms with E-state index in [1.807, 2.05) is 19.2 Å². The zero-order valence-corrected chi connectivity index (χ0v) is 11.7. The number of nitrogens with zero attached hydrogens (tertiary/aromatic N) is 1. The number of rotatable bonds is 9. The molecule has 108 valence electrons. The van der Waals surface area contributed by atoms with Crippen LogP contribution in [0.25, 0.3) is 0 Å². The highest BCUT2D eigenvalue weighted by Gasteiger charge is 2.09. The molecule has 0 amide bonds. The zero-order valence-electron chi connectivity index (χ0n) is 11.7. The molecule has 0 radical (unpaired) electrons. The topological polar surface area (TPSA) is 68.0 Å². The van der Waals surface area contributed by atoms with Gasteiger partial charge in [0.1, 0.15) is 18.5 Å². The summed E-state index contributed by atoms with van der Waals surface area (Å²) in [6.45, 7) is 2.47. The van der Waals surface area contributed by atoms with Gasteiger partial charge in [0.15, 0.2) is 0 Å². The Morgan fingerprint density at radius 3 is 2.89 bits per heavy atom. The lowest BCUT2D eigenvalue weighted by atomic mass is 10.3. The van der Waals surface area contributed by atoms with Crippen molar-refractivity contribution in [3.63, 3.8) is 0 Å². The van der Waals surface area contributed by atoms with Gasteiger partial charge in [0, 0.05) is 38.6 Å². The van der Waals surface area contributed by atoms with Crippen LogP contribution in [0.4, 0.5) is 5.69 Å². The number of hydrogen-bond donors (Lipinski definition) is 2. The van der Waals surface area contributed by atoms with Crippen LogP contribution in [-0.2, 0) is 4.74 Å². The molecule has 5 nitrogen and oxygen atoms in total. The van der Waals surface area contributed by atoms with Crippen LogP contribution in [0.5, 0.6) is 5.75 Å². The molecular weight excluding hydrogens is 244 g/mol. The summed E-state index contributed by atoms with van der Waals surface area (Å²) >= 11 is 0. The van der Waals surface area contributed by atoms with Crippen molar-refractivity contribution in [2.24, 2.45) is 0 Å². The lowest BCUT2D eigenvalue weighted by Crippen LogP contribution is -2.34. The molecule has 3 N–H and O–H groups in total. The van der Waals surface area contributed by atoms with Gasteiger partial charge in [-0.25, -0.2) is 0 Å². The highest BCUT2D eigenvalue weighted by Crippen LogP contribution is 2.14. The van der Waals surface area contributed by atoms with Gasteiger partial charge in [-0.3, -0.25) is 0 Å². The number of benzene rings is 1. The van der Waals surface area contributed by atoms with Crippen LogP contribution in [0, 0.1) is 0 Å². The molecule has 0 heterocycles. The van der Waals surface area contributed by atoms with Gasteiger partial charge < -0.3 is 25.2 Å². The predicted molar refractivity (Wildman–Crippen MR) is 76.3 cm³/mol. The fourth-order valence-electron chi connectivity index (χ4n) is 1.78. The van der Waals surface area contributed by atoms with Crippen LogP contribution in [0.1, 0.15) is 6.42 Å². The van der Waals surface area contributed by atoms with E-state index in [-0.39, 0.29) is 6.61 Å². The Hall–Kier alpha value is -1.30. The molecule has 0 fully saturated rings. The smallest absolute Gasteiger partial charge is 0.121 e. The highest BCUT2D eigenvalue weighted by atomic mass is 16.5. The maximum absolute atomic E-state index is 9.88. The molecule has 0 spiro atoms. The SMILES string of the molecule is COCCCN(C)CC(O)COc1cccc(N)c1. The minimum atomic E-state index is -0.519. The number of nitrogens with two attached hydrogens (primary N) is 1. The number of likely N-dealkylation sites (N-methyl/N-ethyl adjacent to an activating group) is 1. The minimum absolute atomic E-state index is 0.262. The van der Waals surface area contributed by atoms with Crippen LogP contribution >= 0.6 is 0 Å². The van der Waals surface area contributed by atoms with Crippen LogP contribution in [0.15, 0.2) is 24.3 Å². The summed E-state index contributed by atoms with van der Waals surface area (Å²) in [4.78, 5) is 2.06. The predicted octanol–water partition coefficient (Wildman–Crippen LogP) is 0.977. The molecule has 19 heavy (non-hydrogen) atoms. The number of ether oxygens (including phenoxy) is 2. The molecule has 0 bridgehead atoms. The molecular formula is C14H24N2O3. The first kappa shape index (κ1) is 15.8. The lowest BCUT2D eigenvalue weighted by Gasteiger charge is -2.20. The summed E-state index contributed by atoms with van der Waals surface area (Å²) in [6, 6.07) is 7.20. The standard InChI is InChI=1S/C14H24N2O3/c1-16(7-4-8-18-2)10-13(17)11-19-14-6-3-5-12(15)9-14/h3,5-6,9,13,17H,4,7-8,10-11,15H2,1-2H3. The molecule has 1 unspecified atom stereocenters. The van der Waals surface area contributed by atoms with Crippen molar-refractivity contribution in [3.05, 3.63) is 24.3 Å². The maximum atomic E-state index is 9.88. The van der Waals surface area contributed by atoms with Crippen LogP contribution < -0.4 is 10.5 Å². The molecule has 1 aromatic rings. The van der Waals surface area contributed by atoms with Gasteiger partial charge in [0.25, 0.3) is 0 Å². The average Bonchev–Trinajstić information content (AvgIpc) is 2.37. The molecule has 0 saturated heterocycles. The molecule has 5 heteroatoms. The quantitative estimate of drug-likeness (QED) is 0.516. The number of methoxy groups -OCH3 is 1. The number of anilines is 1. The van der Waals surface area contributed by atoms with Gasteiger partial charge in [-0.2, -0.15) is 0 Å². The van der Waals surface area contributed by atoms with Crippen LogP contribution in [-0.4, -0.2) is 56.6 Å². The van der Waals surface area contributed by atoms with E-state index < -0.39 is 6.10 Å². The summed E-state index contributed by atoms with van der Waals surface area (Å²) < 4.78 is 10.5. The van der Waals surface area contributed by atoms with Crippen molar-refractivity contribution in [2.75, 3.05) is 46.2 Å². The van der Waals surface area contributed by atoms with E-state index in [1.165, 1.54) is 0 Å². The van der Waals surface area contributed by atoms with Crippen molar-refractivity contribution in [3.8, 4) is 5.75 Å². The Balaban J connectivity index is 2.21. The second-order valence-electron chi connectivity index (χ2n) is 4.65. The maximum Gasteiger partial charge on any atom is 0.121 e. The molecule has 0 saturated carbocycles. The molecule has 1 aromatic carbocycles. The van der Waals surface area contributed by atoms with E-state index >= 15 is 0 Å². The summed E-state index contributed by atoms with van der Waals surface area (Å²) in [5, 5.41) is 9.88. The fourth-order valence-corrected chi connectivity index (χ4v) is 1.78. The minimum Gasteiger partial charge on any atom is -0.491 e. The van der Waals surface area contributed by atoms with Crippen molar-refractivity contribution < 1.29 is 14.6 Å². The highest BCUT2D eigenvalue weighted by molar-refractivity contribution is 5.43. The van der Waals surface area contributed by atoms with Crippen LogP contribution in [0.3, 0.4) is 0 Å². The van der Waals surface area contributed by atoms with E-state index in [1.54, 1.807) is 19.2 Å². The van der Waals surface area contributed by atoms with Gasteiger partial charge in [0.2, 0.25) is 0 Å². The van der Waals surface area contributed by atoms with E-state index in [2.05, 4.69) is 4.90 Å². The first-order valence-electron chi connectivity index (χ1n) is 6.45. The first-order valence-corrected chi connectivity index (χ1v) is 6.45. The first-order chi connectivity index (χ1) is 9.11. The summed E-state index contributed by atoms with van der Waals surface area (Å²) in [7, 11) is 3.66.